The molecule has 1 aromatic carbocycles. The summed E-state index contributed by atoms with van der Waals surface area (Å²) >= 11 is 6.02. The fraction of sp³-hybridized carbons (Fsp3) is 0.167. The molecule has 0 fully saturated rings. The smallest absolute Gasteiger partial charge is 0.123 e. The molecular weight excluding hydrogens is 255 g/mol. The molecule has 0 saturated carbocycles. The van der Waals surface area contributed by atoms with E-state index in [4.69, 9.17) is 17.4 Å². The first kappa shape index (κ1) is 12.9. The molecule has 1 atom stereocenters. The third-order valence-corrected chi connectivity index (χ3v) is 2.98. The normalized spacial score (nSPS) is 12.4. The van der Waals surface area contributed by atoms with E-state index in [0.717, 1.165) is 5.56 Å². The lowest BCUT2D eigenvalue weighted by Gasteiger charge is -2.16. The number of aromatic nitrogens is 2. The van der Waals surface area contributed by atoms with Crippen LogP contribution in [0.4, 0.5) is 4.39 Å². The zero-order chi connectivity index (χ0) is 13.0. The van der Waals surface area contributed by atoms with E-state index >= 15 is 0 Å². The van der Waals surface area contributed by atoms with Crippen molar-refractivity contribution in [3.63, 3.8) is 0 Å². The second kappa shape index (κ2) is 5.86. The molecule has 0 spiro atoms. The molecule has 18 heavy (non-hydrogen) atoms. The molecule has 1 unspecified atom stereocenters. The molecule has 2 rings (SSSR count). The van der Waals surface area contributed by atoms with Gasteiger partial charge in [-0.25, -0.2) is 14.4 Å². The number of hydrogen-bond acceptors (Lipinski definition) is 4. The van der Waals surface area contributed by atoms with E-state index in [1.165, 1.54) is 24.5 Å². The van der Waals surface area contributed by atoms with E-state index in [2.05, 4.69) is 15.4 Å². The number of halogens is 2. The fourth-order valence-corrected chi connectivity index (χ4v) is 1.88. The van der Waals surface area contributed by atoms with Crippen LogP contribution in [0.15, 0.2) is 36.9 Å². The van der Waals surface area contributed by atoms with Gasteiger partial charge in [-0.2, -0.15) is 0 Å². The molecule has 0 aliphatic rings. The molecule has 1 aromatic heterocycles. The highest BCUT2D eigenvalue weighted by Crippen LogP contribution is 2.23. The molecule has 4 nitrogen and oxygen atoms in total. The van der Waals surface area contributed by atoms with Crippen LogP contribution in [-0.4, -0.2) is 9.97 Å². The Balaban J connectivity index is 2.23. The van der Waals surface area contributed by atoms with Crippen molar-refractivity contribution in [3.05, 3.63) is 58.9 Å². The molecule has 94 valence electrons. The fourth-order valence-electron chi connectivity index (χ4n) is 1.68. The summed E-state index contributed by atoms with van der Waals surface area (Å²) in [6, 6.07) is 4.03. The number of hydrogen-bond donors (Lipinski definition) is 2. The van der Waals surface area contributed by atoms with Crippen LogP contribution in [0.1, 0.15) is 17.2 Å². The van der Waals surface area contributed by atoms with Crippen molar-refractivity contribution in [1.82, 2.24) is 15.4 Å². The van der Waals surface area contributed by atoms with E-state index in [1.807, 2.05) is 0 Å². The van der Waals surface area contributed by atoms with E-state index in [-0.39, 0.29) is 11.9 Å². The van der Waals surface area contributed by atoms with Gasteiger partial charge in [-0.3, -0.25) is 11.3 Å². The van der Waals surface area contributed by atoms with Crippen LogP contribution in [0.2, 0.25) is 5.02 Å². The molecule has 0 saturated heterocycles. The van der Waals surface area contributed by atoms with Crippen molar-refractivity contribution < 1.29 is 4.39 Å². The number of rotatable bonds is 4. The Labute approximate surface area is 109 Å². The van der Waals surface area contributed by atoms with Crippen molar-refractivity contribution in [1.29, 1.82) is 0 Å². The van der Waals surface area contributed by atoms with Gasteiger partial charge >= 0.3 is 0 Å². The predicted molar refractivity (Wildman–Crippen MR) is 67.2 cm³/mol. The first-order valence-corrected chi connectivity index (χ1v) is 5.73. The van der Waals surface area contributed by atoms with Crippen LogP contribution in [0.5, 0.6) is 0 Å². The van der Waals surface area contributed by atoms with Crippen molar-refractivity contribution in [3.8, 4) is 0 Å². The van der Waals surface area contributed by atoms with Gasteiger partial charge in [0.15, 0.2) is 0 Å². The Bertz CT molecular complexity index is 521. The van der Waals surface area contributed by atoms with Gasteiger partial charge in [-0.05, 0) is 30.2 Å². The molecule has 0 radical (unpaired) electrons. The molecule has 2 aromatic rings. The standard InChI is InChI=1S/C12H12ClFN4/c13-11-2-1-10(14)3-8(11)4-12(18-15)9-5-16-7-17-6-9/h1-3,5-7,12,18H,4,15H2. The summed E-state index contributed by atoms with van der Waals surface area (Å²) in [6.07, 6.45) is 5.21. The van der Waals surface area contributed by atoms with E-state index in [9.17, 15) is 4.39 Å². The monoisotopic (exact) mass is 266 g/mol. The Morgan fingerprint density at radius 3 is 2.72 bits per heavy atom. The maximum atomic E-state index is 13.2. The lowest BCUT2D eigenvalue weighted by molar-refractivity contribution is 0.545. The molecule has 1 heterocycles. The first-order chi connectivity index (χ1) is 8.70. The van der Waals surface area contributed by atoms with Crippen LogP contribution in [-0.2, 0) is 6.42 Å². The highest BCUT2D eigenvalue weighted by molar-refractivity contribution is 6.31. The van der Waals surface area contributed by atoms with Gasteiger partial charge < -0.3 is 0 Å². The van der Waals surface area contributed by atoms with Gasteiger partial charge in [-0.15, -0.1) is 0 Å². The molecule has 0 aliphatic carbocycles. The van der Waals surface area contributed by atoms with Crippen LogP contribution in [0, 0.1) is 5.82 Å². The summed E-state index contributed by atoms with van der Waals surface area (Å²) < 4.78 is 13.2. The van der Waals surface area contributed by atoms with Crippen molar-refractivity contribution in [2.24, 2.45) is 5.84 Å². The molecule has 0 amide bonds. The summed E-state index contributed by atoms with van der Waals surface area (Å²) in [7, 11) is 0. The number of nitrogens with two attached hydrogens (primary N) is 1. The zero-order valence-corrected chi connectivity index (χ0v) is 10.2. The van der Waals surface area contributed by atoms with E-state index < -0.39 is 0 Å². The van der Waals surface area contributed by atoms with Gasteiger partial charge in [-0.1, -0.05) is 11.6 Å². The summed E-state index contributed by atoms with van der Waals surface area (Å²) in [5.41, 5.74) is 4.16. The number of hydrazine groups is 1. The number of benzene rings is 1. The SMILES string of the molecule is NNC(Cc1cc(F)ccc1Cl)c1cncnc1. The third kappa shape index (κ3) is 3.01. The average Bonchev–Trinajstić information content (AvgIpc) is 2.41. The largest absolute Gasteiger partial charge is 0.271 e. The predicted octanol–water partition coefficient (Wildman–Crippen LogP) is 2.02. The quantitative estimate of drug-likeness (QED) is 0.656. The average molecular weight is 267 g/mol. The van der Waals surface area contributed by atoms with E-state index in [0.29, 0.717) is 17.0 Å². The summed E-state index contributed by atoms with van der Waals surface area (Å²) in [5, 5.41) is 0.508. The van der Waals surface area contributed by atoms with Crippen molar-refractivity contribution >= 4 is 11.6 Å². The second-order valence-electron chi connectivity index (χ2n) is 3.83. The molecular formula is C12H12ClFN4. The van der Waals surface area contributed by atoms with Gasteiger partial charge in [0.05, 0.1) is 6.04 Å². The lowest BCUT2D eigenvalue weighted by atomic mass is 10.0. The molecule has 6 heteroatoms. The van der Waals surface area contributed by atoms with Crippen molar-refractivity contribution in [2.75, 3.05) is 0 Å². The third-order valence-electron chi connectivity index (χ3n) is 2.62. The zero-order valence-electron chi connectivity index (χ0n) is 9.48. The van der Waals surface area contributed by atoms with Crippen LogP contribution in [0.3, 0.4) is 0 Å². The summed E-state index contributed by atoms with van der Waals surface area (Å²) in [5.74, 6) is 5.17. The molecule has 0 bridgehead atoms. The minimum absolute atomic E-state index is 0.217. The van der Waals surface area contributed by atoms with Crippen LogP contribution >= 0.6 is 11.6 Å². The lowest BCUT2D eigenvalue weighted by Crippen LogP contribution is -2.29. The minimum Gasteiger partial charge on any atom is -0.271 e. The highest BCUT2D eigenvalue weighted by Gasteiger charge is 2.13. The van der Waals surface area contributed by atoms with Gasteiger partial charge in [0.2, 0.25) is 0 Å². The Morgan fingerprint density at radius 1 is 1.33 bits per heavy atom. The summed E-state index contributed by atoms with van der Waals surface area (Å²) in [4.78, 5) is 7.84. The molecule has 0 aliphatic heterocycles. The highest BCUT2D eigenvalue weighted by atomic mass is 35.5. The Kier molecular flexibility index (Phi) is 4.19. The summed E-state index contributed by atoms with van der Waals surface area (Å²) in [6.45, 7) is 0. The maximum absolute atomic E-state index is 13.2. The van der Waals surface area contributed by atoms with Crippen LogP contribution < -0.4 is 11.3 Å². The van der Waals surface area contributed by atoms with Gasteiger partial charge in [0, 0.05) is 23.0 Å². The topological polar surface area (TPSA) is 63.8 Å². The first-order valence-electron chi connectivity index (χ1n) is 5.35. The number of nitrogens with zero attached hydrogens (tertiary/aromatic N) is 2. The van der Waals surface area contributed by atoms with Gasteiger partial charge in [0.1, 0.15) is 12.1 Å². The van der Waals surface area contributed by atoms with E-state index in [1.54, 1.807) is 12.4 Å². The Hall–Kier alpha value is -1.56. The Morgan fingerprint density at radius 2 is 2.06 bits per heavy atom. The maximum Gasteiger partial charge on any atom is 0.123 e. The van der Waals surface area contributed by atoms with Crippen molar-refractivity contribution in [2.45, 2.75) is 12.5 Å². The van der Waals surface area contributed by atoms with Crippen LogP contribution in [0.25, 0.3) is 0 Å². The second-order valence-corrected chi connectivity index (χ2v) is 4.24. The number of nitrogens with one attached hydrogen (secondary N) is 1. The minimum atomic E-state index is -0.325. The van der Waals surface area contributed by atoms with Gasteiger partial charge in [0.25, 0.3) is 0 Å². The molecule has 3 N–H and O–H groups in total.